The molecular weight excluding hydrogens is 288 g/mol. The Labute approximate surface area is 123 Å². The summed E-state index contributed by atoms with van der Waals surface area (Å²) in [7, 11) is -3.66. The first-order valence-corrected chi connectivity index (χ1v) is 7.64. The summed E-state index contributed by atoms with van der Waals surface area (Å²) in [5.41, 5.74) is 1.81. The van der Waals surface area contributed by atoms with Gasteiger partial charge in [-0.15, -0.1) is 0 Å². The number of anilines is 1. The standard InChI is InChI=1S/C15H14N2O3S/c1-12-10-15(7-6-13(12)4-3-9-18)21(19,20)17-14-5-2-8-16-11-14/h2,5-8,10-11,17-18H,9H2,1H3. The highest BCUT2D eigenvalue weighted by Crippen LogP contribution is 2.18. The van der Waals surface area contributed by atoms with E-state index >= 15 is 0 Å². The molecule has 0 amide bonds. The number of aliphatic hydroxyl groups is 1. The van der Waals surface area contributed by atoms with Crippen LogP contribution in [0.1, 0.15) is 11.1 Å². The molecule has 0 aliphatic rings. The summed E-state index contributed by atoms with van der Waals surface area (Å²) in [5.74, 6) is 5.30. The average molecular weight is 302 g/mol. The van der Waals surface area contributed by atoms with Crippen molar-refractivity contribution in [3.8, 4) is 11.8 Å². The molecule has 0 bridgehead atoms. The summed E-state index contributed by atoms with van der Waals surface area (Å²) < 4.78 is 27.0. The smallest absolute Gasteiger partial charge is 0.261 e. The molecule has 0 aliphatic carbocycles. The summed E-state index contributed by atoms with van der Waals surface area (Å²) in [6.45, 7) is 1.53. The van der Waals surface area contributed by atoms with Gasteiger partial charge in [0.2, 0.25) is 0 Å². The Morgan fingerprint density at radius 1 is 1.33 bits per heavy atom. The van der Waals surface area contributed by atoms with Crippen LogP contribution in [0.3, 0.4) is 0 Å². The highest BCUT2D eigenvalue weighted by molar-refractivity contribution is 7.92. The molecule has 0 aliphatic heterocycles. The van der Waals surface area contributed by atoms with Gasteiger partial charge in [-0.05, 0) is 42.8 Å². The molecule has 0 radical (unpaired) electrons. The molecule has 0 atom stereocenters. The largest absolute Gasteiger partial charge is 0.384 e. The van der Waals surface area contributed by atoms with Crippen molar-refractivity contribution in [3.63, 3.8) is 0 Å². The van der Waals surface area contributed by atoms with Crippen LogP contribution in [0.25, 0.3) is 0 Å². The third-order valence-electron chi connectivity index (χ3n) is 2.72. The van der Waals surface area contributed by atoms with Crippen LogP contribution in [0, 0.1) is 18.8 Å². The van der Waals surface area contributed by atoms with E-state index in [0.717, 1.165) is 5.56 Å². The zero-order valence-corrected chi connectivity index (χ0v) is 12.2. The van der Waals surface area contributed by atoms with Gasteiger partial charge < -0.3 is 5.11 Å². The van der Waals surface area contributed by atoms with Crippen LogP contribution in [0.4, 0.5) is 5.69 Å². The minimum atomic E-state index is -3.66. The highest BCUT2D eigenvalue weighted by Gasteiger charge is 2.15. The number of hydrogen-bond acceptors (Lipinski definition) is 4. The van der Waals surface area contributed by atoms with Crippen molar-refractivity contribution in [1.29, 1.82) is 0 Å². The van der Waals surface area contributed by atoms with E-state index < -0.39 is 10.0 Å². The minimum absolute atomic E-state index is 0.151. The fourth-order valence-corrected chi connectivity index (χ4v) is 2.84. The van der Waals surface area contributed by atoms with E-state index in [1.807, 2.05) is 0 Å². The lowest BCUT2D eigenvalue weighted by Crippen LogP contribution is -2.13. The number of rotatable bonds is 3. The second kappa shape index (κ2) is 6.39. The van der Waals surface area contributed by atoms with Crippen LogP contribution in [-0.4, -0.2) is 25.1 Å². The van der Waals surface area contributed by atoms with Gasteiger partial charge in [0.1, 0.15) is 6.61 Å². The Morgan fingerprint density at radius 3 is 2.76 bits per heavy atom. The quantitative estimate of drug-likeness (QED) is 0.843. The van der Waals surface area contributed by atoms with Crippen LogP contribution in [-0.2, 0) is 10.0 Å². The Kier molecular flexibility index (Phi) is 4.58. The molecular formula is C15H14N2O3S. The van der Waals surface area contributed by atoms with Crippen LogP contribution < -0.4 is 4.72 Å². The zero-order chi connectivity index (χ0) is 15.3. The van der Waals surface area contributed by atoms with Crippen LogP contribution in [0.15, 0.2) is 47.6 Å². The van der Waals surface area contributed by atoms with Crippen molar-refractivity contribution in [2.45, 2.75) is 11.8 Å². The van der Waals surface area contributed by atoms with Gasteiger partial charge >= 0.3 is 0 Å². The van der Waals surface area contributed by atoms with E-state index in [0.29, 0.717) is 11.3 Å². The molecule has 1 aromatic carbocycles. The van der Waals surface area contributed by atoms with Gasteiger partial charge in [0.25, 0.3) is 10.0 Å². The summed E-state index contributed by atoms with van der Waals surface area (Å²) in [6.07, 6.45) is 3.00. The minimum Gasteiger partial charge on any atom is -0.384 e. The second-order valence-corrected chi connectivity index (χ2v) is 5.97. The Bertz CT molecular complexity index is 791. The number of hydrogen-bond donors (Lipinski definition) is 2. The number of aliphatic hydroxyl groups excluding tert-OH is 1. The summed E-state index contributed by atoms with van der Waals surface area (Å²) in [4.78, 5) is 4.01. The number of aromatic nitrogens is 1. The molecule has 5 nitrogen and oxygen atoms in total. The number of nitrogens with one attached hydrogen (secondary N) is 1. The molecule has 2 rings (SSSR count). The molecule has 2 aromatic rings. The number of pyridine rings is 1. The maximum Gasteiger partial charge on any atom is 0.261 e. The first-order chi connectivity index (χ1) is 10.0. The van der Waals surface area contributed by atoms with Crippen LogP contribution >= 0.6 is 0 Å². The highest BCUT2D eigenvalue weighted by atomic mass is 32.2. The molecule has 6 heteroatoms. The SMILES string of the molecule is Cc1cc(S(=O)(=O)Nc2cccnc2)ccc1C#CCO. The molecule has 0 saturated heterocycles. The predicted molar refractivity (Wildman–Crippen MR) is 80.2 cm³/mol. The van der Waals surface area contributed by atoms with E-state index in [4.69, 9.17) is 5.11 Å². The van der Waals surface area contributed by atoms with Crippen molar-refractivity contribution < 1.29 is 13.5 Å². The fourth-order valence-electron chi connectivity index (χ4n) is 1.72. The third kappa shape index (κ3) is 3.81. The van der Waals surface area contributed by atoms with E-state index in [-0.39, 0.29) is 11.5 Å². The summed E-state index contributed by atoms with van der Waals surface area (Å²) >= 11 is 0. The lowest BCUT2D eigenvalue weighted by molar-refractivity contribution is 0.350. The summed E-state index contributed by atoms with van der Waals surface area (Å²) in [6, 6.07) is 7.91. The fraction of sp³-hybridized carbons (Fsp3) is 0.133. The van der Waals surface area contributed by atoms with E-state index in [1.165, 1.54) is 12.3 Å². The molecule has 0 spiro atoms. The van der Waals surface area contributed by atoms with Crippen molar-refractivity contribution in [1.82, 2.24) is 4.98 Å². The molecule has 2 N–H and O–H groups in total. The molecule has 108 valence electrons. The van der Waals surface area contributed by atoms with Gasteiger partial charge in [-0.25, -0.2) is 8.42 Å². The molecule has 21 heavy (non-hydrogen) atoms. The van der Waals surface area contributed by atoms with Crippen molar-refractivity contribution in [3.05, 3.63) is 53.9 Å². The van der Waals surface area contributed by atoms with Crippen molar-refractivity contribution in [2.75, 3.05) is 11.3 Å². The molecule has 0 unspecified atom stereocenters. The number of benzene rings is 1. The maximum atomic E-state index is 12.3. The zero-order valence-electron chi connectivity index (χ0n) is 11.4. The topological polar surface area (TPSA) is 79.3 Å². The van der Waals surface area contributed by atoms with Gasteiger partial charge in [-0.2, -0.15) is 0 Å². The molecule has 0 saturated carbocycles. The van der Waals surface area contributed by atoms with Crippen molar-refractivity contribution in [2.24, 2.45) is 0 Å². The monoisotopic (exact) mass is 302 g/mol. The van der Waals surface area contributed by atoms with Gasteiger partial charge in [0.05, 0.1) is 16.8 Å². The van der Waals surface area contributed by atoms with E-state index in [9.17, 15) is 8.42 Å². The normalized spacial score (nSPS) is 10.6. The van der Waals surface area contributed by atoms with Gasteiger partial charge in [-0.1, -0.05) is 11.8 Å². The average Bonchev–Trinajstić information content (AvgIpc) is 2.46. The van der Waals surface area contributed by atoms with Gasteiger partial charge in [-0.3, -0.25) is 9.71 Å². The lowest BCUT2D eigenvalue weighted by atomic mass is 10.1. The Balaban J connectivity index is 2.31. The van der Waals surface area contributed by atoms with Crippen molar-refractivity contribution >= 4 is 15.7 Å². The number of sulfonamides is 1. The molecule has 1 heterocycles. The first kappa shape index (κ1) is 15.0. The number of aryl methyl sites for hydroxylation is 1. The second-order valence-electron chi connectivity index (χ2n) is 4.28. The number of nitrogens with zero attached hydrogens (tertiary/aromatic N) is 1. The van der Waals surface area contributed by atoms with Gasteiger partial charge in [0, 0.05) is 11.8 Å². The van der Waals surface area contributed by atoms with E-state index in [2.05, 4.69) is 21.5 Å². The van der Waals surface area contributed by atoms with Crippen LogP contribution in [0.5, 0.6) is 0 Å². The third-order valence-corrected chi connectivity index (χ3v) is 4.10. The molecule has 1 aromatic heterocycles. The van der Waals surface area contributed by atoms with Crippen LogP contribution in [0.2, 0.25) is 0 Å². The predicted octanol–water partition coefficient (Wildman–Crippen LogP) is 1.53. The van der Waals surface area contributed by atoms with E-state index in [1.54, 1.807) is 37.4 Å². The summed E-state index contributed by atoms with van der Waals surface area (Å²) in [5, 5.41) is 8.68. The maximum absolute atomic E-state index is 12.3. The first-order valence-electron chi connectivity index (χ1n) is 6.16. The molecule has 0 fully saturated rings. The van der Waals surface area contributed by atoms with Gasteiger partial charge in [0.15, 0.2) is 0 Å². The lowest BCUT2D eigenvalue weighted by Gasteiger charge is -2.09. The Hall–Kier alpha value is -2.36. The Morgan fingerprint density at radius 2 is 2.14 bits per heavy atom.